The Kier molecular flexibility index (Phi) is 5.37. The van der Waals surface area contributed by atoms with E-state index in [-0.39, 0.29) is 11.8 Å². The summed E-state index contributed by atoms with van der Waals surface area (Å²) in [6.45, 7) is 8.04. The van der Waals surface area contributed by atoms with Gasteiger partial charge in [-0.15, -0.1) is 0 Å². The highest BCUT2D eigenvalue weighted by Crippen LogP contribution is 2.25. The number of nitrogens with zero attached hydrogens (tertiary/aromatic N) is 1. The van der Waals surface area contributed by atoms with Gasteiger partial charge in [0.15, 0.2) is 0 Å². The van der Waals surface area contributed by atoms with Gasteiger partial charge in [0.2, 0.25) is 5.91 Å². The molecule has 0 aromatic heterocycles. The van der Waals surface area contributed by atoms with E-state index in [9.17, 15) is 4.79 Å². The van der Waals surface area contributed by atoms with Crippen molar-refractivity contribution in [2.45, 2.75) is 40.0 Å². The molecule has 0 bridgehead atoms. The molecule has 2 N–H and O–H groups in total. The number of carbonyl (C=O) groups excluding carboxylic acids is 1. The van der Waals surface area contributed by atoms with Gasteiger partial charge in [0.05, 0.1) is 10.9 Å². The number of thiocarbonyl (C=S) groups is 1. The molecule has 1 rings (SSSR count). The summed E-state index contributed by atoms with van der Waals surface area (Å²) in [5.41, 5.74) is 5.54. The Labute approximate surface area is 110 Å². The lowest BCUT2D eigenvalue weighted by atomic mass is 9.89. The number of rotatable bonds is 3. The molecule has 1 heterocycles. The molecule has 0 saturated carbocycles. The Balaban J connectivity index is 2.57. The lowest BCUT2D eigenvalue weighted by Gasteiger charge is -2.24. The van der Waals surface area contributed by atoms with Crippen LogP contribution in [0.15, 0.2) is 0 Å². The van der Waals surface area contributed by atoms with E-state index in [1.54, 1.807) is 6.92 Å². The van der Waals surface area contributed by atoms with Gasteiger partial charge in [-0.25, -0.2) is 0 Å². The minimum absolute atomic E-state index is 0.0990. The lowest BCUT2D eigenvalue weighted by molar-refractivity contribution is -0.132. The first-order valence-corrected chi connectivity index (χ1v) is 6.92. The normalized spacial score (nSPS) is 23.3. The van der Waals surface area contributed by atoms with Gasteiger partial charge in [-0.05, 0) is 38.0 Å². The van der Waals surface area contributed by atoms with E-state index >= 15 is 0 Å². The Morgan fingerprint density at radius 2 is 1.94 bits per heavy atom. The second-order valence-corrected chi connectivity index (χ2v) is 5.86. The maximum Gasteiger partial charge on any atom is 0.232 e. The molecule has 1 aliphatic rings. The van der Waals surface area contributed by atoms with Crippen molar-refractivity contribution in [1.29, 1.82) is 0 Å². The van der Waals surface area contributed by atoms with Crippen molar-refractivity contribution in [3.05, 3.63) is 0 Å². The number of nitrogens with two attached hydrogens (primary N) is 1. The molecular weight excluding hydrogens is 232 g/mol. The number of hydrogen-bond acceptors (Lipinski definition) is 2. The summed E-state index contributed by atoms with van der Waals surface area (Å²) in [5, 5.41) is 0. The molecule has 3 nitrogen and oxygen atoms in total. The number of amides is 1. The van der Waals surface area contributed by atoms with Crippen LogP contribution in [0, 0.1) is 17.8 Å². The van der Waals surface area contributed by atoms with Crippen LogP contribution in [0.5, 0.6) is 0 Å². The summed E-state index contributed by atoms with van der Waals surface area (Å²) < 4.78 is 0. The zero-order chi connectivity index (χ0) is 13.0. The highest BCUT2D eigenvalue weighted by atomic mass is 32.1. The third-order valence-corrected chi connectivity index (χ3v) is 4.18. The minimum atomic E-state index is -0.319. The van der Waals surface area contributed by atoms with E-state index in [1.807, 2.05) is 4.90 Å². The maximum absolute atomic E-state index is 12.1. The smallest absolute Gasteiger partial charge is 0.232 e. The maximum atomic E-state index is 12.1. The van der Waals surface area contributed by atoms with E-state index in [4.69, 9.17) is 18.0 Å². The van der Waals surface area contributed by atoms with E-state index in [1.165, 1.54) is 6.42 Å². The molecule has 17 heavy (non-hydrogen) atoms. The van der Waals surface area contributed by atoms with Gasteiger partial charge >= 0.3 is 0 Å². The highest BCUT2D eigenvalue weighted by Gasteiger charge is 2.26. The topological polar surface area (TPSA) is 46.3 Å². The van der Waals surface area contributed by atoms with Crippen molar-refractivity contribution in [2.24, 2.45) is 23.5 Å². The molecule has 1 fully saturated rings. The van der Waals surface area contributed by atoms with Crippen LogP contribution in [-0.2, 0) is 4.79 Å². The molecule has 0 radical (unpaired) electrons. The predicted octanol–water partition coefficient (Wildman–Crippen LogP) is 2.19. The van der Waals surface area contributed by atoms with Crippen molar-refractivity contribution in [3.63, 3.8) is 0 Å². The Hall–Kier alpha value is -0.640. The molecule has 1 aliphatic heterocycles. The fourth-order valence-corrected chi connectivity index (χ4v) is 2.51. The van der Waals surface area contributed by atoms with Crippen molar-refractivity contribution in [3.8, 4) is 0 Å². The first-order valence-electron chi connectivity index (χ1n) is 6.51. The molecule has 2 unspecified atom stereocenters. The van der Waals surface area contributed by atoms with Crippen LogP contribution >= 0.6 is 12.2 Å². The van der Waals surface area contributed by atoms with E-state index in [0.29, 0.717) is 10.9 Å². The van der Waals surface area contributed by atoms with E-state index < -0.39 is 0 Å². The number of likely N-dealkylation sites (tertiary alicyclic amines) is 1. The van der Waals surface area contributed by atoms with Crippen LogP contribution in [-0.4, -0.2) is 28.9 Å². The molecule has 0 spiro atoms. The molecule has 98 valence electrons. The van der Waals surface area contributed by atoms with Crippen LogP contribution in [0.2, 0.25) is 0 Å². The number of hydrogen-bond donors (Lipinski definition) is 1. The lowest BCUT2D eigenvalue weighted by Crippen LogP contribution is -2.40. The van der Waals surface area contributed by atoms with Gasteiger partial charge in [-0.1, -0.05) is 26.1 Å². The summed E-state index contributed by atoms with van der Waals surface area (Å²) in [6.07, 6.45) is 3.43. The molecule has 1 amide bonds. The summed E-state index contributed by atoms with van der Waals surface area (Å²) >= 11 is 4.89. The summed E-state index contributed by atoms with van der Waals surface area (Å²) in [7, 11) is 0. The van der Waals surface area contributed by atoms with Crippen LogP contribution < -0.4 is 5.73 Å². The van der Waals surface area contributed by atoms with Gasteiger partial charge in [0, 0.05) is 13.1 Å². The average molecular weight is 256 g/mol. The molecule has 0 aromatic rings. The molecule has 4 heteroatoms. The largest absolute Gasteiger partial charge is 0.393 e. The summed E-state index contributed by atoms with van der Waals surface area (Å²) in [5.74, 6) is 1.23. The van der Waals surface area contributed by atoms with Crippen LogP contribution in [0.4, 0.5) is 0 Å². The summed E-state index contributed by atoms with van der Waals surface area (Å²) in [4.78, 5) is 14.4. The van der Waals surface area contributed by atoms with Crippen molar-refractivity contribution in [2.75, 3.05) is 13.1 Å². The first kappa shape index (κ1) is 14.4. The quantitative estimate of drug-likeness (QED) is 0.787. The van der Waals surface area contributed by atoms with Gasteiger partial charge in [0.25, 0.3) is 0 Å². The van der Waals surface area contributed by atoms with Crippen LogP contribution in [0.3, 0.4) is 0 Å². The van der Waals surface area contributed by atoms with E-state index in [2.05, 4.69) is 13.8 Å². The SMILES string of the molecule is CC(C(=O)N1CCCC(C(C)C)CC1)C(N)=S. The van der Waals surface area contributed by atoms with Gasteiger partial charge in [-0.2, -0.15) is 0 Å². The van der Waals surface area contributed by atoms with Gasteiger partial charge in [-0.3, -0.25) is 4.79 Å². The van der Waals surface area contributed by atoms with Gasteiger partial charge < -0.3 is 10.6 Å². The molecular formula is C13H24N2OS. The summed E-state index contributed by atoms with van der Waals surface area (Å²) in [6, 6.07) is 0. The minimum Gasteiger partial charge on any atom is -0.393 e. The van der Waals surface area contributed by atoms with Crippen LogP contribution in [0.1, 0.15) is 40.0 Å². The fourth-order valence-electron chi connectivity index (χ4n) is 2.40. The molecule has 0 aromatic carbocycles. The fraction of sp³-hybridized carbons (Fsp3) is 0.846. The van der Waals surface area contributed by atoms with Crippen molar-refractivity contribution < 1.29 is 4.79 Å². The second-order valence-electron chi connectivity index (χ2n) is 5.38. The third-order valence-electron chi connectivity index (χ3n) is 3.82. The number of carbonyl (C=O) groups is 1. The average Bonchev–Trinajstić information content (AvgIpc) is 2.52. The zero-order valence-electron chi connectivity index (χ0n) is 11.1. The van der Waals surface area contributed by atoms with E-state index in [0.717, 1.165) is 31.8 Å². The second kappa shape index (κ2) is 6.34. The Morgan fingerprint density at radius 1 is 1.29 bits per heavy atom. The third kappa shape index (κ3) is 3.95. The van der Waals surface area contributed by atoms with Gasteiger partial charge in [0.1, 0.15) is 0 Å². The van der Waals surface area contributed by atoms with Crippen LogP contribution in [0.25, 0.3) is 0 Å². The molecule has 1 saturated heterocycles. The molecule has 0 aliphatic carbocycles. The standard InChI is InChI=1S/C13H24N2OS/c1-9(2)11-5-4-7-15(8-6-11)13(16)10(3)12(14)17/h9-11H,4-8H2,1-3H3,(H2,14,17). The highest BCUT2D eigenvalue weighted by molar-refractivity contribution is 7.80. The zero-order valence-corrected chi connectivity index (χ0v) is 11.9. The van der Waals surface area contributed by atoms with Crippen molar-refractivity contribution >= 4 is 23.1 Å². The van der Waals surface area contributed by atoms with Crippen molar-refractivity contribution in [1.82, 2.24) is 4.90 Å². The monoisotopic (exact) mass is 256 g/mol. The first-order chi connectivity index (χ1) is 7.93. The predicted molar refractivity (Wildman–Crippen MR) is 74.7 cm³/mol. The Morgan fingerprint density at radius 3 is 2.47 bits per heavy atom. The Bertz CT molecular complexity index is 291. The molecule has 2 atom stereocenters.